The Labute approximate surface area is 279 Å². The van der Waals surface area contributed by atoms with Crippen LogP contribution in [0.3, 0.4) is 0 Å². The first-order valence-corrected chi connectivity index (χ1v) is 14.7. The number of aliphatic hydroxyl groups is 1. The molecule has 4 aromatic rings. The van der Waals surface area contributed by atoms with E-state index in [1.165, 1.54) is 12.1 Å². The lowest BCUT2D eigenvalue weighted by atomic mass is 9.77. The van der Waals surface area contributed by atoms with Gasteiger partial charge in [0.05, 0.1) is 24.3 Å². The lowest BCUT2D eigenvalue weighted by Crippen LogP contribution is -2.49. The van der Waals surface area contributed by atoms with Gasteiger partial charge in [-0.2, -0.15) is 30.7 Å². The van der Waals surface area contributed by atoms with Crippen molar-refractivity contribution in [2.45, 2.75) is 44.5 Å². The second kappa shape index (κ2) is 14.6. The molecule has 0 bridgehead atoms. The minimum Gasteiger partial charge on any atom is -0.490 e. The summed E-state index contributed by atoms with van der Waals surface area (Å²) in [5.74, 6) is -6.86. The summed E-state index contributed by atoms with van der Waals surface area (Å²) in [6, 6.07) is 13.9. The van der Waals surface area contributed by atoms with Gasteiger partial charge < -0.3 is 19.9 Å². The third kappa shape index (κ3) is 8.86. The average molecular weight is 718 g/mol. The first-order valence-electron chi connectivity index (χ1n) is 14.7. The SMILES string of the molecule is CC(C)(CO)COc1cc(C(Cc2ccccc2)(NC(=O)c2ccc(F)c(C(F)(F)F)c2)c2cc(F)cc(OC(F)(F)C(F)F)c2)ccc1F. The van der Waals surface area contributed by atoms with E-state index in [2.05, 4.69) is 10.1 Å². The number of benzene rings is 4. The van der Waals surface area contributed by atoms with E-state index >= 15 is 8.78 Å². The molecular weight excluding hydrogens is 688 g/mol. The minimum atomic E-state index is -5.22. The highest BCUT2D eigenvalue weighted by Crippen LogP contribution is 2.40. The van der Waals surface area contributed by atoms with Gasteiger partial charge in [-0.05, 0) is 59.2 Å². The highest BCUT2D eigenvalue weighted by atomic mass is 19.4. The van der Waals surface area contributed by atoms with Crippen molar-refractivity contribution in [3.8, 4) is 11.5 Å². The molecule has 0 aliphatic heterocycles. The van der Waals surface area contributed by atoms with Crippen molar-refractivity contribution in [3.05, 3.63) is 130 Å². The van der Waals surface area contributed by atoms with Crippen LogP contribution >= 0.6 is 0 Å². The van der Waals surface area contributed by atoms with Crippen molar-refractivity contribution >= 4 is 5.91 Å². The van der Waals surface area contributed by atoms with E-state index in [9.17, 15) is 45.0 Å². The Bertz CT molecular complexity index is 1820. The molecule has 0 heterocycles. The van der Waals surface area contributed by atoms with Crippen LogP contribution in [0.25, 0.3) is 0 Å². The number of ether oxygens (including phenoxy) is 2. The van der Waals surface area contributed by atoms with Crippen LogP contribution in [0, 0.1) is 22.9 Å². The molecule has 0 aliphatic rings. The fraction of sp³-hybridized carbons (Fsp3) is 0.286. The Kier molecular flexibility index (Phi) is 11.1. The lowest BCUT2D eigenvalue weighted by molar-refractivity contribution is -0.253. The third-order valence-corrected chi connectivity index (χ3v) is 7.52. The van der Waals surface area contributed by atoms with Crippen LogP contribution in [-0.2, 0) is 18.1 Å². The summed E-state index contributed by atoms with van der Waals surface area (Å²) < 4.78 is 149. The van der Waals surface area contributed by atoms with Crippen molar-refractivity contribution in [1.82, 2.24) is 5.32 Å². The van der Waals surface area contributed by atoms with Gasteiger partial charge in [-0.15, -0.1) is 0 Å². The van der Waals surface area contributed by atoms with Crippen LogP contribution in [-0.4, -0.2) is 36.8 Å². The molecule has 50 heavy (non-hydrogen) atoms. The van der Waals surface area contributed by atoms with Crippen LogP contribution in [0.1, 0.15) is 46.5 Å². The Balaban J connectivity index is 2.01. The highest BCUT2D eigenvalue weighted by molar-refractivity contribution is 5.95. The fourth-order valence-corrected chi connectivity index (χ4v) is 4.88. The molecule has 5 nitrogen and oxygen atoms in total. The largest absolute Gasteiger partial charge is 0.490 e. The molecule has 0 radical (unpaired) electrons. The maximum Gasteiger partial charge on any atom is 0.461 e. The van der Waals surface area contributed by atoms with Gasteiger partial charge in [0, 0.05) is 23.5 Å². The first-order chi connectivity index (χ1) is 23.3. The summed E-state index contributed by atoms with van der Waals surface area (Å²) in [5, 5.41) is 12.1. The fourth-order valence-electron chi connectivity index (χ4n) is 4.88. The van der Waals surface area contributed by atoms with E-state index in [0.717, 1.165) is 30.3 Å². The van der Waals surface area contributed by atoms with Gasteiger partial charge in [-0.3, -0.25) is 4.79 Å². The number of amides is 1. The van der Waals surface area contributed by atoms with Crippen LogP contribution < -0.4 is 14.8 Å². The van der Waals surface area contributed by atoms with Crippen molar-refractivity contribution < 1.29 is 63.3 Å². The summed E-state index contributed by atoms with van der Waals surface area (Å²) in [7, 11) is 0. The molecule has 0 saturated heterocycles. The van der Waals surface area contributed by atoms with Crippen LogP contribution in [0.4, 0.5) is 43.9 Å². The molecule has 1 amide bonds. The number of rotatable bonds is 13. The summed E-state index contributed by atoms with van der Waals surface area (Å²) in [4.78, 5) is 13.8. The molecule has 0 fully saturated rings. The maximum absolute atomic E-state index is 15.2. The Morgan fingerprint density at radius 2 is 1.48 bits per heavy atom. The van der Waals surface area contributed by atoms with Gasteiger partial charge in [0.25, 0.3) is 5.91 Å². The van der Waals surface area contributed by atoms with E-state index in [1.54, 1.807) is 32.0 Å². The van der Waals surface area contributed by atoms with Gasteiger partial charge in [-0.1, -0.05) is 50.2 Å². The topological polar surface area (TPSA) is 67.8 Å². The zero-order chi connectivity index (χ0) is 37.1. The van der Waals surface area contributed by atoms with E-state index in [-0.39, 0.29) is 24.8 Å². The zero-order valence-corrected chi connectivity index (χ0v) is 26.2. The Morgan fingerprint density at radius 1 is 0.820 bits per heavy atom. The number of alkyl halides is 7. The number of hydrogen-bond acceptors (Lipinski definition) is 4. The van der Waals surface area contributed by atoms with Crippen LogP contribution in [0.15, 0.2) is 84.9 Å². The maximum atomic E-state index is 15.2. The molecule has 268 valence electrons. The molecule has 0 saturated carbocycles. The normalized spacial score (nSPS) is 13.6. The lowest BCUT2D eigenvalue weighted by Gasteiger charge is -2.37. The number of halogens is 10. The molecule has 1 unspecified atom stereocenters. The minimum absolute atomic E-state index is 0.150. The van der Waals surface area contributed by atoms with Crippen molar-refractivity contribution in [2.24, 2.45) is 5.41 Å². The predicted molar refractivity (Wildman–Crippen MR) is 161 cm³/mol. The number of carbonyl (C=O) groups excluding carboxylic acids is 1. The molecule has 1 atom stereocenters. The molecule has 4 rings (SSSR count). The van der Waals surface area contributed by atoms with Crippen LogP contribution in [0.5, 0.6) is 11.5 Å². The van der Waals surface area contributed by atoms with Gasteiger partial charge in [0.1, 0.15) is 17.4 Å². The Morgan fingerprint density at radius 3 is 2.10 bits per heavy atom. The summed E-state index contributed by atoms with van der Waals surface area (Å²) in [6.45, 7) is 2.56. The second-order valence-corrected chi connectivity index (χ2v) is 12.1. The zero-order valence-electron chi connectivity index (χ0n) is 26.2. The van der Waals surface area contributed by atoms with Crippen molar-refractivity contribution in [2.75, 3.05) is 13.2 Å². The summed E-state index contributed by atoms with van der Waals surface area (Å²) in [6.07, 6.45) is -15.1. The quantitative estimate of drug-likeness (QED) is 0.136. The smallest absolute Gasteiger partial charge is 0.461 e. The molecule has 4 aromatic carbocycles. The molecule has 0 aromatic heterocycles. The summed E-state index contributed by atoms with van der Waals surface area (Å²) in [5.41, 5.74) is -5.91. The Hall–Kier alpha value is -4.79. The van der Waals surface area contributed by atoms with Gasteiger partial charge in [0.15, 0.2) is 11.6 Å². The van der Waals surface area contributed by atoms with E-state index < -0.39 is 87.6 Å². The number of aliphatic hydroxyl groups excluding tert-OH is 1. The molecule has 0 aliphatic carbocycles. The second-order valence-electron chi connectivity index (χ2n) is 12.1. The molecular formula is C35H29F10NO4. The highest BCUT2D eigenvalue weighted by Gasteiger charge is 2.45. The summed E-state index contributed by atoms with van der Waals surface area (Å²) >= 11 is 0. The van der Waals surface area contributed by atoms with Gasteiger partial charge in [0.2, 0.25) is 0 Å². The van der Waals surface area contributed by atoms with E-state index in [1.807, 2.05) is 0 Å². The molecule has 15 heteroatoms. The third-order valence-electron chi connectivity index (χ3n) is 7.52. The van der Waals surface area contributed by atoms with Crippen LogP contribution in [0.2, 0.25) is 0 Å². The number of hydrogen-bond donors (Lipinski definition) is 2. The molecule has 0 spiro atoms. The monoisotopic (exact) mass is 717 g/mol. The standard InChI is InChI=1S/C35H29F10NO4/c1-32(2,18-47)19-49-29-15-22(9-11-28(29)38)33(17-20-6-4-3-5-7-20,23-13-24(36)16-25(14-23)50-35(44,45)31(39)40)46-30(48)21-8-10-27(37)26(12-21)34(41,42)43/h3-16,31,47H,17-19H2,1-2H3,(H,46,48). The van der Waals surface area contributed by atoms with E-state index in [0.29, 0.717) is 23.8 Å². The first kappa shape index (κ1) is 38.0. The van der Waals surface area contributed by atoms with Gasteiger partial charge in [-0.25, -0.2) is 13.2 Å². The predicted octanol–water partition coefficient (Wildman–Crippen LogP) is 8.67. The average Bonchev–Trinajstić information content (AvgIpc) is 3.03. The number of carbonyl (C=O) groups is 1. The number of nitrogens with one attached hydrogen (secondary N) is 1. The van der Waals surface area contributed by atoms with E-state index in [4.69, 9.17) is 4.74 Å². The van der Waals surface area contributed by atoms with Gasteiger partial charge >= 0.3 is 18.7 Å². The van der Waals surface area contributed by atoms with Crippen molar-refractivity contribution in [3.63, 3.8) is 0 Å². The van der Waals surface area contributed by atoms with Crippen molar-refractivity contribution in [1.29, 1.82) is 0 Å². The molecule has 2 N–H and O–H groups in total.